The summed E-state index contributed by atoms with van der Waals surface area (Å²) in [5.74, 6) is 2.36. The second-order valence-corrected chi connectivity index (χ2v) is 9.57. The van der Waals surface area contributed by atoms with Crippen LogP contribution in [-0.2, 0) is 11.3 Å². The molecule has 1 aromatic heterocycles. The molecule has 0 saturated carbocycles. The molecule has 180 valence electrons. The van der Waals surface area contributed by atoms with Gasteiger partial charge in [-0.2, -0.15) is 0 Å². The average molecular weight is 488 g/mol. The number of benzene rings is 3. The zero-order chi connectivity index (χ0) is 24.4. The fourth-order valence-electron chi connectivity index (χ4n) is 4.91. The van der Waals surface area contributed by atoms with E-state index in [-0.39, 0.29) is 11.8 Å². The maximum atomic E-state index is 13.0. The third kappa shape index (κ3) is 4.65. The van der Waals surface area contributed by atoms with Crippen LogP contribution in [0.1, 0.15) is 49.9 Å². The van der Waals surface area contributed by atoms with Crippen molar-refractivity contribution in [1.82, 2.24) is 9.55 Å². The Morgan fingerprint density at radius 2 is 1.80 bits per heavy atom. The molecule has 2 unspecified atom stereocenters. The number of nitrogens with zero attached hydrogens (tertiary/aromatic N) is 3. The Hall–Kier alpha value is -3.31. The predicted molar refractivity (Wildman–Crippen MR) is 142 cm³/mol. The lowest BCUT2D eigenvalue weighted by Gasteiger charge is -2.19. The summed E-state index contributed by atoms with van der Waals surface area (Å²) in [6, 6.07) is 23.9. The summed E-state index contributed by atoms with van der Waals surface area (Å²) in [4.78, 5) is 19.7. The molecule has 1 aliphatic rings. The zero-order valence-electron chi connectivity index (χ0n) is 20.2. The quantitative estimate of drug-likeness (QED) is 0.274. The number of rotatable bonds is 8. The molecule has 35 heavy (non-hydrogen) atoms. The number of anilines is 1. The van der Waals surface area contributed by atoms with Crippen molar-refractivity contribution in [2.24, 2.45) is 0 Å². The van der Waals surface area contributed by atoms with Crippen LogP contribution >= 0.6 is 11.6 Å². The van der Waals surface area contributed by atoms with E-state index in [2.05, 4.69) is 36.6 Å². The van der Waals surface area contributed by atoms with Crippen LogP contribution in [0, 0.1) is 0 Å². The Bertz CT molecular complexity index is 1350. The van der Waals surface area contributed by atoms with E-state index in [1.165, 1.54) is 5.56 Å². The summed E-state index contributed by atoms with van der Waals surface area (Å²) in [5, 5.41) is 0.586. The molecule has 4 aromatic rings. The largest absolute Gasteiger partial charge is 0.491 e. The Morgan fingerprint density at radius 1 is 1.06 bits per heavy atom. The van der Waals surface area contributed by atoms with Gasteiger partial charge in [-0.05, 0) is 48.2 Å². The third-order valence-corrected chi connectivity index (χ3v) is 7.27. The Morgan fingerprint density at radius 3 is 2.63 bits per heavy atom. The summed E-state index contributed by atoms with van der Waals surface area (Å²) in [5.41, 5.74) is 3.99. The van der Waals surface area contributed by atoms with Gasteiger partial charge in [-0.3, -0.25) is 4.79 Å². The van der Waals surface area contributed by atoms with Crippen molar-refractivity contribution in [2.75, 3.05) is 18.1 Å². The number of imidazole rings is 1. The van der Waals surface area contributed by atoms with Gasteiger partial charge in [0, 0.05) is 18.9 Å². The number of aromatic nitrogens is 2. The molecule has 0 spiro atoms. The minimum absolute atomic E-state index is 0.0152. The molecule has 1 fully saturated rings. The number of ether oxygens (including phenoxy) is 1. The highest BCUT2D eigenvalue weighted by Gasteiger charge is 2.35. The topological polar surface area (TPSA) is 47.4 Å². The van der Waals surface area contributed by atoms with Gasteiger partial charge in [-0.15, -0.1) is 0 Å². The standard InChI is InChI=1S/C29H30ClN3O2/c1-3-20(2)22-10-4-9-15-27(22)35-17-16-32-26-14-8-6-12-24(26)31-29(32)21-18-28(34)33(19-21)25-13-7-5-11-23(25)30/h4-15,20-21H,3,16-19H2,1-2H3. The molecule has 2 heterocycles. The van der Waals surface area contributed by atoms with E-state index in [4.69, 9.17) is 21.3 Å². The van der Waals surface area contributed by atoms with Gasteiger partial charge < -0.3 is 14.2 Å². The van der Waals surface area contributed by atoms with Gasteiger partial charge in [0.1, 0.15) is 18.2 Å². The third-order valence-electron chi connectivity index (χ3n) is 6.95. The molecule has 3 aromatic carbocycles. The average Bonchev–Trinajstić information content (AvgIpc) is 3.44. The SMILES string of the molecule is CCC(C)c1ccccc1OCCn1c(C2CC(=O)N(c3ccccc3Cl)C2)nc2ccccc21. The molecule has 0 radical (unpaired) electrons. The van der Waals surface area contributed by atoms with E-state index >= 15 is 0 Å². The predicted octanol–water partition coefficient (Wildman–Crippen LogP) is 6.80. The maximum absolute atomic E-state index is 13.0. The molecule has 5 rings (SSSR count). The van der Waals surface area contributed by atoms with Gasteiger partial charge in [0.25, 0.3) is 0 Å². The number of hydrogen-bond acceptors (Lipinski definition) is 3. The van der Waals surface area contributed by atoms with E-state index in [1.807, 2.05) is 54.6 Å². The van der Waals surface area contributed by atoms with Crippen molar-refractivity contribution in [3.8, 4) is 5.75 Å². The van der Waals surface area contributed by atoms with Crippen LogP contribution in [0.2, 0.25) is 5.02 Å². The van der Waals surface area contributed by atoms with E-state index in [0.29, 0.717) is 37.1 Å². The van der Waals surface area contributed by atoms with Crippen LogP contribution in [0.5, 0.6) is 5.75 Å². The van der Waals surface area contributed by atoms with E-state index in [1.54, 1.807) is 4.90 Å². The molecule has 1 saturated heterocycles. The highest BCUT2D eigenvalue weighted by Crippen LogP contribution is 2.36. The lowest BCUT2D eigenvalue weighted by molar-refractivity contribution is -0.117. The van der Waals surface area contributed by atoms with Gasteiger partial charge in [0.15, 0.2) is 0 Å². The van der Waals surface area contributed by atoms with Crippen LogP contribution in [0.4, 0.5) is 5.69 Å². The van der Waals surface area contributed by atoms with Crippen LogP contribution < -0.4 is 9.64 Å². The molecular formula is C29H30ClN3O2. The zero-order valence-corrected chi connectivity index (χ0v) is 20.9. The minimum Gasteiger partial charge on any atom is -0.491 e. The van der Waals surface area contributed by atoms with Crippen LogP contribution in [-0.4, -0.2) is 28.6 Å². The first kappa shape index (κ1) is 23.4. The number of carbonyl (C=O) groups is 1. The molecule has 0 aliphatic carbocycles. The van der Waals surface area contributed by atoms with E-state index in [9.17, 15) is 4.79 Å². The van der Waals surface area contributed by atoms with Crippen LogP contribution in [0.3, 0.4) is 0 Å². The van der Waals surface area contributed by atoms with Crippen molar-refractivity contribution >= 4 is 34.2 Å². The molecule has 0 bridgehead atoms. The smallest absolute Gasteiger partial charge is 0.227 e. The van der Waals surface area contributed by atoms with Crippen molar-refractivity contribution < 1.29 is 9.53 Å². The highest BCUT2D eigenvalue weighted by atomic mass is 35.5. The Labute approximate surface area is 211 Å². The first-order valence-corrected chi connectivity index (χ1v) is 12.7. The number of carbonyl (C=O) groups excluding carboxylic acids is 1. The number of halogens is 1. The van der Waals surface area contributed by atoms with Gasteiger partial charge in [-0.1, -0.05) is 67.9 Å². The summed E-state index contributed by atoms with van der Waals surface area (Å²) in [7, 11) is 0. The van der Waals surface area contributed by atoms with E-state index < -0.39 is 0 Å². The first-order valence-electron chi connectivity index (χ1n) is 12.3. The molecule has 0 N–H and O–H groups in total. The van der Waals surface area contributed by atoms with E-state index in [0.717, 1.165) is 34.7 Å². The van der Waals surface area contributed by atoms with Crippen molar-refractivity contribution in [1.29, 1.82) is 0 Å². The maximum Gasteiger partial charge on any atom is 0.227 e. The van der Waals surface area contributed by atoms with Crippen molar-refractivity contribution in [2.45, 2.75) is 45.1 Å². The normalized spacial score (nSPS) is 16.7. The summed E-state index contributed by atoms with van der Waals surface area (Å²) >= 11 is 6.40. The van der Waals surface area contributed by atoms with Crippen molar-refractivity contribution in [3.63, 3.8) is 0 Å². The first-order chi connectivity index (χ1) is 17.1. The number of fused-ring (bicyclic) bond motifs is 1. The second-order valence-electron chi connectivity index (χ2n) is 9.16. The van der Waals surface area contributed by atoms with Crippen LogP contribution in [0.15, 0.2) is 72.8 Å². The molecule has 2 atom stereocenters. The molecular weight excluding hydrogens is 458 g/mol. The second kappa shape index (κ2) is 10.1. The van der Waals surface area contributed by atoms with Crippen LogP contribution in [0.25, 0.3) is 11.0 Å². The van der Waals surface area contributed by atoms with Gasteiger partial charge in [-0.25, -0.2) is 4.98 Å². The summed E-state index contributed by atoms with van der Waals surface area (Å²) in [6.07, 6.45) is 1.47. The summed E-state index contributed by atoms with van der Waals surface area (Å²) in [6.45, 7) is 6.16. The monoisotopic (exact) mass is 487 g/mol. The van der Waals surface area contributed by atoms with Gasteiger partial charge >= 0.3 is 0 Å². The molecule has 1 amide bonds. The fourth-order valence-corrected chi connectivity index (χ4v) is 5.15. The lowest BCUT2D eigenvalue weighted by atomic mass is 9.98. The molecule has 5 nitrogen and oxygen atoms in total. The fraction of sp³-hybridized carbons (Fsp3) is 0.310. The van der Waals surface area contributed by atoms with Crippen molar-refractivity contribution in [3.05, 3.63) is 89.2 Å². The number of amides is 1. The summed E-state index contributed by atoms with van der Waals surface area (Å²) < 4.78 is 8.50. The minimum atomic E-state index is -0.0152. The molecule has 1 aliphatic heterocycles. The van der Waals surface area contributed by atoms with Gasteiger partial charge in [0.05, 0.1) is 28.3 Å². The van der Waals surface area contributed by atoms with Gasteiger partial charge in [0.2, 0.25) is 5.91 Å². The Kier molecular flexibility index (Phi) is 6.78. The number of hydrogen-bond donors (Lipinski definition) is 0. The number of para-hydroxylation sites is 4. The Balaban J connectivity index is 1.40. The lowest BCUT2D eigenvalue weighted by Crippen LogP contribution is -2.25. The highest BCUT2D eigenvalue weighted by molar-refractivity contribution is 6.33. The molecule has 6 heteroatoms.